The largest absolute Gasteiger partial charge is 0.487 e. The predicted molar refractivity (Wildman–Crippen MR) is 121 cm³/mol. The van der Waals surface area contributed by atoms with E-state index in [0.717, 1.165) is 37.8 Å². The second-order valence-corrected chi connectivity index (χ2v) is 8.12. The molecular formula is C26H37F2NO. The molecule has 0 saturated heterocycles. The normalized spacial score (nSPS) is 12.1. The van der Waals surface area contributed by atoms with Crippen LogP contribution in [0.1, 0.15) is 83.6 Å². The number of pyridine rings is 1. The average Bonchev–Trinajstić information content (AvgIpc) is 2.76. The summed E-state index contributed by atoms with van der Waals surface area (Å²) < 4.78 is 33.7. The third-order valence-corrected chi connectivity index (χ3v) is 5.41. The lowest BCUT2D eigenvalue weighted by atomic mass is 10.1. The number of hydrogen-bond acceptors (Lipinski definition) is 2. The molecule has 30 heavy (non-hydrogen) atoms. The van der Waals surface area contributed by atoms with E-state index in [-0.39, 0.29) is 12.4 Å². The Morgan fingerprint density at radius 3 is 2.30 bits per heavy atom. The van der Waals surface area contributed by atoms with Gasteiger partial charge in [-0.05, 0) is 49.1 Å². The van der Waals surface area contributed by atoms with Gasteiger partial charge in [0.1, 0.15) is 12.8 Å². The zero-order valence-electron chi connectivity index (χ0n) is 18.6. The van der Waals surface area contributed by atoms with Gasteiger partial charge in [-0.25, -0.2) is 8.78 Å². The number of rotatable bonds is 15. The highest BCUT2D eigenvalue weighted by atomic mass is 19.1. The first kappa shape index (κ1) is 24.3. The predicted octanol–water partition coefficient (Wildman–Crippen LogP) is 8.09. The van der Waals surface area contributed by atoms with Crippen molar-refractivity contribution in [1.29, 1.82) is 0 Å². The van der Waals surface area contributed by atoms with E-state index in [0.29, 0.717) is 12.0 Å². The van der Waals surface area contributed by atoms with E-state index in [2.05, 4.69) is 24.9 Å². The van der Waals surface area contributed by atoms with Gasteiger partial charge in [-0.15, -0.1) is 0 Å². The topological polar surface area (TPSA) is 22.1 Å². The van der Waals surface area contributed by atoms with Crippen LogP contribution in [-0.4, -0.2) is 17.8 Å². The van der Waals surface area contributed by atoms with Gasteiger partial charge in [-0.1, -0.05) is 71.3 Å². The lowest BCUT2D eigenvalue weighted by molar-refractivity contribution is 0.179. The molecule has 0 saturated carbocycles. The van der Waals surface area contributed by atoms with E-state index in [1.807, 2.05) is 12.3 Å². The molecule has 0 amide bonds. The van der Waals surface area contributed by atoms with E-state index < -0.39 is 12.0 Å². The van der Waals surface area contributed by atoms with Crippen LogP contribution in [0.5, 0.6) is 5.75 Å². The van der Waals surface area contributed by atoms with Crippen LogP contribution >= 0.6 is 0 Å². The van der Waals surface area contributed by atoms with E-state index >= 15 is 0 Å². The van der Waals surface area contributed by atoms with Gasteiger partial charge in [0.25, 0.3) is 0 Å². The van der Waals surface area contributed by atoms with Crippen molar-refractivity contribution in [3.8, 4) is 17.0 Å². The first-order valence-corrected chi connectivity index (χ1v) is 11.7. The summed E-state index contributed by atoms with van der Waals surface area (Å²) in [6.07, 6.45) is 12.7. The number of alkyl halides is 1. The first-order valence-electron chi connectivity index (χ1n) is 11.7. The molecule has 0 radical (unpaired) electrons. The number of hydrogen-bond donors (Lipinski definition) is 0. The molecule has 1 atom stereocenters. The molecule has 1 aromatic heterocycles. The van der Waals surface area contributed by atoms with Gasteiger partial charge in [0.15, 0.2) is 11.6 Å². The lowest BCUT2D eigenvalue weighted by Crippen LogP contribution is -2.13. The zero-order valence-corrected chi connectivity index (χ0v) is 18.6. The maximum atomic E-state index is 14.4. The summed E-state index contributed by atoms with van der Waals surface area (Å²) >= 11 is 0. The molecule has 4 heteroatoms. The SMILES string of the molecule is CCCCCCCc1ccc(-c2ccc(OCC(F)CCCCCC)c(F)c2)nc1. The van der Waals surface area contributed by atoms with Crippen molar-refractivity contribution in [2.75, 3.05) is 6.61 Å². The molecule has 1 heterocycles. The van der Waals surface area contributed by atoms with Crippen molar-refractivity contribution < 1.29 is 13.5 Å². The van der Waals surface area contributed by atoms with Crippen LogP contribution in [0.4, 0.5) is 8.78 Å². The Kier molecular flexibility index (Phi) is 11.4. The molecule has 0 N–H and O–H groups in total. The van der Waals surface area contributed by atoms with Crippen LogP contribution in [0.2, 0.25) is 0 Å². The average molecular weight is 418 g/mol. The summed E-state index contributed by atoms with van der Waals surface area (Å²) in [6.45, 7) is 4.24. The summed E-state index contributed by atoms with van der Waals surface area (Å²) in [5.74, 6) is -0.383. The molecule has 0 bridgehead atoms. The van der Waals surface area contributed by atoms with Crippen molar-refractivity contribution in [1.82, 2.24) is 4.98 Å². The third-order valence-electron chi connectivity index (χ3n) is 5.41. The molecule has 1 aromatic carbocycles. The molecule has 166 valence electrons. The van der Waals surface area contributed by atoms with Crippen molar-refractivity contribution in [3.05, 3.63) is 47.9 Å². The number of nitrogens with zero attached hydrogens (tertiary/aromatic N) is 1. The third kappa shape index (κ3) is 8.81. The van der Waals surface area contributed by atoms with E-state index in [1.165, 1.54) is 43.7 Å². The Morgan fingerprint density at radius 2 is 1.63 bits per heavy atom. The fourth-order valence-electron chi connectivity index (χ4n) is 3.51. The minimum absolute atomic E-state index is 0.0960. The minimum Gasteiger partial charge on any atom is -0.487 e. The number of unbranched alkanes of at least 4 members (excludes halogenated alkanes) is 7. The van der Waals surface area contributed by atoms with E-state index in [1.54, 1.807) is 12.1 Å². The van der Waals surface area contributed by atoms with Gasteiger partial charge < -0.3 is 4.74 Å². The Hall–Kier alpha value is -1.97. The Labute approximate surface area is 181 Å². The van der Waals surface area contributed by atoms with Crippen LogP contribution in [0.15, 0.2) is 36.5 Å². The van der Waals surface area contributed by atoms with E-state index in [4.69, 9.17) is 4.74 Å². The fourth-order valence-corrected chi connectivity index (χ4v) is 3.51. The summed E-state index contributed by atoms with van der Waals surface area (Å²) in [6, 6.07) is 8.76. The summed E-state index contributed by atoms with van der Waals surface area (Å²) in [7, 11) is 0. The molecule has 2 aromatic rings. The maximum absolute atomic E-state index is 14.4. The van der Waals surface area contributed by atoms with Gasteiger partial charge in [0, 0.05) is 11.8 Å². The fraction of sp³-hybridized carbons (Fsp3) is 0.577. The standard InChI is InChI=1S/C26H37F2NO/c1-3-5-7-9-10-12-21-14-16-25(29-19-21)22-15-17-26(24(28)18-22)30-20-23(27)13-11-8-6-4-2/h14-19,23H,3-13,20H2,1-2H3. The molecular weight excluding hydrogens is 380 g/mol. The number of aromatic nitrogens is 1. The van der Waals surface area contributed by atoms with Crippen LogP contribution in [0, 0.1) is 5.82 Å². The number of benzene rings is 1. The number of aryl methyl sites for hydroxylation is 1. The summed E-state index contributed by atoms with van der Waals surface area (Å²) in [5, 5.41) is 0. The number of ether oxygens (including phenoxy) is 1. The highest BCUT2D eigenvalue weighted by molar-refractivity contribution is 5.60. The highest BCUT2D eigenvalue weighted by Crippen LogP contribution is 2.25. The molecule has 1 unspecified atom stereocenters. The molecule has 0 spiro atoms. The Bertz CT molecular complexity index is 717. The zero-order chi connectivity index (χ0) is 21.6. The van der Waals surface area contributed by atoms with E-state index in [9.17, 15) is 8.78 Å². The van der Waals surface area contributed by atoms with Crippen molar-refractivity contribution >= 4 is 0 Å². The van der Waals surface area contributed by atoms with Crippen LogP contribution in [0.3, 0.4) is 0 Å². The summed E-state index contributed by atoms with van der Waals surface area (Å²) in [4.78, 5) is 4.49. The molecule has 0 aliphatic rings. The molecule has 0 fully saturated rings. The van der Waals surface area contributed by atoms with Gasteiger partial charge >= 0.3 is 0 Å². The number of halogens is 2. The van der Waals surface area contributed by atoms with Crippen LogP contribution in [-0.2, 0) is 6.42 Å². The second kappa shape index (κ2) is 14.1. The molecule has 2 rings (SSSR count). The second-order valence-electron chi connectivity index (χ2n) is 8.12. The van der Waals surface area contributed by atoms with Gasteiger partial charge in [0.05, 0.1) is 5.69 Å². The van der Waals surface area contributed by atoms with Gasteiger partial charge in [0.2, 0.25) is 0 Å². The van der Waals surface area contributed by atoms with Crippen LogP contribution < -0.4 is 4.74 Å². The smallest absolute Gasteiger partial charge is 0.165 e. The minimum atomic E-state index is -1.06. The van der Waals surface area contributed by atoms with Gasteiger partial charge in [-0.3, -0.25) is 4.98 Å². The lowest BCUT2D eigenvalue weighted by Gasteiger charge is -2.12. The quantitative estimate of drug-likeness (QED) is 0.273. The van der Waals surface area contributed by atoms with Crippen molar-refractivity contribution in [3.63, 3.8) is 0 Å². The Balaban J connectivity index is 1.82. The van der Waals surface area contributed by atoms with Gasteiger partial charge in [-0.2, -0.15) is 0 Å². The molecule has 2 nitrogen and oxygen atoms in total. The molecule has 0 aliphatic heterocycles. The maximum Gasteiger partial charge on any atom is 0.165 e. The Morgan fingerprint density at radius 1 is 0.900 bits per heavy atom. The van der Waals surface area contributed by atoms with Crippen molar-refractivity contribution in [2.45, 2.75) is 90.6 Å². The van der Waals surface area contributed by atoms with Crippen molar-refractivity contribution in [2.24, 2.45) is 0 Å². The molecule has 0 aliphatic carbocycles. The monoisotopic (exact) mass is 417 g/mol. The first-order chi connectivity index (χ1) is 14.6. The summed E-state index contributed by atoms with van der Waals surface area (Å²) in [5.41, 5.74) is 2.64. The highest BCUT2D eigenvalue weighted by Gasteiger charge is 2.11. The van der Waals surface area contributed by atoms with Crippen LogP contribution in [0.25, 0.3) is 11.3 Å².